The van der Waals surface area contributed by atoms with Gasteiger partial charge in [0.1, 0.15) is 24.6 Å². The molecular weight excluding hydrogens is 330 g/mol. The number of nitrogens with one attached hydrogen (secondary N) is 1. The summed E-state index contributed by atoms with van der Waals surface area (Å²) >= 11 is 0. The van der Waals surface area contributed by atoms with Crippen molar-refractivity contribution in [2.45, 2.75) is 19.8 Å². The van der Waals surface area contributed by atoms with E-state index >= 15 is 0 Å². The van der Waals surface area contributed by atoms with E-state index in [9.17, 15) is 4.79 Å². The normalized spacial score (nSPS) is 15.4. The lowest BCUT2D eigenvalue weighted by molar-refractivity contribution is -0.117. The van der Waals surface area contributed by atoms with Gasteiger partial charge in [-0.2, -0.15) is 0 Å². The number of rotatable bonds is 3. The lowest BCUT2D eigenvalue weighted by Crippen LogP contribution is -2.22. The molecule has 1 atom stereocenters. The lowest BCUT2D eigenvalue weighted by Gasteiger charge is -2.12. The molecule has 0 saturated heterocycles. The molecule has 0 fully saturated rings. The molecule has 1 unspecified atom stereocenters. The highest BCUT2D eigenvalue weighted by Crippen LogP contribution is 2.36. The van der Waals surface area contributed by atoms with Crippen molar-refractivity contribution in [1.82, 2.24) is 19.7 Å². The molecule has 1 amide bonds. The molecule has 2 aromatic heterocycles. The van der Waals surface area contributed by atoms with E-state index in [4.69, 9.17) is 4.74 Å². The van der Waals surface area contributed by atoms with Crippen molar-refractivity contribution >= 4 is 11.6 Å². The fourth-order valence-corrected chi connectivity index (χ4v) is 3.09. The topological polar surface area (TPSA) is 81.9 Å². The van der Waals surface area contributed by atoms with Crippen LogP contribution in [0.5, 0.6) is 5.75 Å². The molecule has 0 bridgehead atoms. The monoisotopic (exact) mass is 349 g/mol. The van der Waals surface area contributed by atoms with Gasteiger partial charge in [0.2, 0.25) is 5.91 Å². The maximum Gasteiger partial charge on any atom is 0.235 e. The second kappa shape index (κ2) is 6.25. The lowest BCUT2D eigenvalue weighted by atomic mass is 9.96. The van der Waals surface area contributed by atoms with E-state index in [0.29, 0.717) is 18.1 Å². The third-order valence-corrected chi connectivity index (χ3v) is 4.70. The van der Waals surface area contributed by atoms with Gasteiger partial charge in [0.25, 0.3) is 0 Å². The van der Waals surface area contributed by atoms with Crippen molar-refractivity contribution in [3.05, 3.63) is 53.6 Å². The Labute approximate surface area is 151 Å². The van der Waals surface area contributed by atoms with Crippen LogP contribution in [0.2, 0.25) is 0 Å². The average molecular weight is 349 g/mol. The maximum atomic E-state index is 12.8. The number of carbonyl (C=O) groups excluding carboxylic acids is 1. The van der Waals surface area contributed by atoms with Gasteiger partial charge in [-0.25, -0.2) is 0 Å². The highest BCUT2D eigenvalue weighted by atomic mass is 16.5. The van der Waals surface area contributed by atoms with Gasteiger partial charge < -0.3 is 14.6 Å². The number of aryl methyl sites for hydroxylation is 3. The third kappa shape index (κ3) is 2.81. The van der Waals surface area contributed by atoms with Crippen LogP contribution in [0, 0.1) is 13.8 Å². The zero-order valence-electron chi connectivity index (χ0n) is 14.9. The molecule has 1 aromatic carbocycles. The average Bonchev–Trinajstić information content (AvgIpc) is 3.22. The summed E-state index contributed by atoms with van der Waals surface area (Å²) in [7, 11) is 1.86. The Hall–Kier alpha value is -3.22. The summed E-state index contributed by atoms with van der Waals surface area (Å²) < 4.78 is 7.51. The molecule has 0 saturated carbocycles. The Morgan fingerprint density at radius 1 is 1.23 bits per heavy atom. The number of anilines is 1. The number of aromatic nitrogens is 4. The number of fused-ring (bicyclic) bond motifs is 1. The minimum absolute atomic E-state index is 0.107. The van der Waals surface area contributed by atoms with Gasteiger partial charge in [-0.1, -0.05) is 6.07 Å². The molecule has 0 radical (unpaired) electrons. The minimum Gasteiger partial charge on any atom is -0.492 e. The van der Waals surface area contributed by atoms with Gasteiger partial charge >= 0.3 is 0 Å². The summed E-state index contributed by atoms with van der Waals surface area (Å²) in [4.78, 5) is 17.0. The van der Waals surface area contributed by atoms with Gasteiger partial charge in [0.15, 0.2) is 5.82 Å². The summed E-state index contributed by atoms with van der Waals surface area (Å²) in [5.41, 5.74) is 4.65. The van der Waals surface area contributed by atoms with Crippen LogP contribution in [-0.4, -0.2) is 32.3 Å². The highest BCUT2D eigenvalue weighted by molar-refractivity contribution is 5.97. The van der Waals surface area contributed by atoms with Crippen molar-refractivity contribution in [3.63, 3.8) is 0 Å². The quantitative estimate of drug-likeness (QED) is 0.786. The number of pyridine rings is 1. The van der Waals surface area contributed by atoms with Crippen LogP contribution >= 0.6 is 0 Å². The molecule has 132 valence electrons. The molecule has 26 heavy (non-hydrogen) atoms. The molecule has 0 spiro atoms. The fraction of sp³-hybridized carbons (Fsp3) is 0.263. The van der Waals surface area contributed by atoms with Crippen molar-refractivity contribution in [3.8, 4) is 17.1 Å². The van der Waals surface area contributed by atoms with Crippen molar-refractivity contribution in [1.29, 1.82) is 0 Å². The SMILES string of the molecule is Cc1cc2c(cc1C)C(C(=O)Nc1cncc(-c3nncn3C)c1)CO2. The first kappa shape index (κ1) is 16.3. The summed E-state index contributed by atoms with van der Waals surface area (Å²) in [5.74, 6) is 1.04. The summed E-state index contributed by atoms with van der Waals surface area (Å²) in [6, 6.07) is 5.87. The Bertz CT molecular complexity index is 995. The first-order valence-corrected chi connectivity index (χ1v) is 8.37. The van der Waals surface area contributed by atoms with Crippen LogP contribution in [0.3, 0.4) is 0 Å². The van der Waals surface area contributed by atoms with Crippen molar-refractivity contribution in [2.75, 3.05) is 11.9 Å². The number of nitrogens with zero attached hydrogens (tertiary/aromatic N) is 4. The second-order valence-corrected chi connectivity index (χ2v) is 6.55. The summed E-state index contributed by atoms with van der Waals surface area (Å²) in [5, 5.41) is 10.9. The molecule has 3 heterocycles. The van der Waals surface area contributed by atoms with E-state index in [0.717, 1.165) is 28.0 Å². The largest absolute Gasteiger partial charge is 0.492 e. The predicted octanol–water partition coefficient (Wildman–Crippen LogP) is 2.61. The zero-order valence-corrected chi connectivity index (χ0v) is 14.9. The number of hydrogen-bond acceptors (Lipinski definition) is 5. The molecule has 3 aromatic rings. The van der Waals surface area contributed by atoms with Gasteiger partial charge in [-0.15, -0.1) is 10.2 Å². The van der Waals surface area contributed by atoms with Crippen LogP contribution in [-0.2, 0) is 11.8 Å². The smallest absolute Gasteiger partial charge is 0.235 e. The molecular formula is C19H19N5O2. The van der Waals surface area contributed by atoms with Gasteiger partial charge in [0, 0.05) is 24.4 Å². The number of benzene rings is 1. The number of amides is 1. The van der Waals surface area contributed by atoms with E-state index in [-0.39, 0.29) is 11.8 Å². The Kier molecular flexibility index (Phi) is 3.91. The van der Waals surface area contributed by atoms with E-state index in [1.807, 2.05) is 39.1 Å². The summed E-state index contributed by atoms with van der Waals surface area (Å²) in [6.45, 7) is 4.42. The van der Waals surface area contributed by atoms with Gasteiger partial charge in [0.05, 0.1) is 11.9 Å². The Morgan fingerprint density at radius 3 is 2.81 bits per heavy atom. The molecule has 1 N–H and O–H groups in total. The number of carbonyl (C=O) groups is 1. The molecule has 1 aliphatic heterocycles. The van der Waals surface area contributed by atoms with E-state index in [2.05, 4.69) is 20.5 Å². The first-order chi connectivity index (χ1) is 12.5. The van der Waals surface area contributed by atoms with Crippen molar-refractivity contribution < 1.29 is 9.53 Å². The second-order valence-electron chi connectivity index (χ2n) is 6.55. The van der Waals surface area contributed by atoms with E-state index in [1.165, 1.54) is 0 Å². The highest BCUT2D eigenvalue weighted by Gasteiger charge is 2.31. The van der Waals surface area contributed by atoms with Crippen molar-refractivity contribution in [2.24, 2.45) is 7.05 Å². The van der Waals surface area contributed by atoms with Gasteiger partial charge in [-0.3, -0.25) is 9.78 Å². The zero-order chi connectivity index (χ0) is 18.3. The molecule has 7 nitrogen and oxygen atoms in total. The first-order valence-electron chi connectivity index (χ1n) is 8.37. The molecule has 1 aliphatic rings. The minimum atomic E-state index is -0.331. The standard InChI is InChI=1S/C19H19N5O2/c1-11-4-15-16(9-26-17(15)5-12(11)2)19(25)22-14-6-13(7-20-8-14)18-23-21-10-24(18)3/h4-8,10,16H,9H2,1-3H3,(H,22,25). The Balaban J connectivity index is 1.57. The van der Waals surface area contributed by atoms with Crippen LogP contribution in [0.15, 0.2) is 36.9 Å². The number of hydrogen-bond donors (Lipinski definition) is 1. The third-order valence-electron chi connectivity index (χ3n) is 4.70. The summed E-state index contributed by atoms with van der Waals surface area (Å²) in [6.07, 6.45) is 4.94. The van der Waals surface area contributed by atoms with Crippen LogP contribution in [0.1, 0.15) is 22.6 Å². The van der Waals surface area contributed by atoms with E-state index < -0.39 is 0 Å². The van der Waals surface area contributed by atoms with Crippen LogP contribution in [0.4, 0.5) is 5.69 Å². The molecule has 7 heteroatoms. The van der Waals surface area contributed by atoms with Crippen LogP contribution in [0.25, 0.3) is 11.4 Å². The predicted molar refractivity (Wildman–Crippen MR) is 97.0 cm³/mol. The molecule has 0 aliphatic carbocycles. The molecule has 4 rings (SSSR count). The fourth-order valence-electron chi connectivity index (χ4n) is 3.09. The van der Waals surface area contributed by atoms with Gasteiger partial charge in [-0.05, 0) is 37.1 Å². The van der Waals surface area contributed by atoms with Crippen LogP contribution < -0.4 is 10.1 Å². The number of ether oxygens (including phenoxy) is 1. The maximum absolute atomic E-state index is 12.8. The van der Waals surface area contributed by atoms with E-state index in [1.54, 1.807) is 23.3 Å². The Morgan fingerprint density at radius 2 is 2.04 bits per heavy atom.